The lowest BCUT2D eigenvalue weighted by atomic mass is 10.1. The van der Waals surface area contributed by atoms with Gasteiger partial charge >= 0.3 is 5.97 Å². The van der Waals surface area contributed by atoms with Crippen molar-refractivity contribution in [2.24, 2.45) is 0 Å². The van der Waals surface area contributed by atoms with E-state index in [1.165, 1.54) is 13.3 Å². The molecule has 0 amide bonds. The Morgan fingerprint density at radius 1 is 1.26 bits per heavy atom. The van der Waals surface area contributed by atoms with E-state index in [1.54, 1.807) is 24.3 Å². The average Bonchev–Trinajstić information content (AvgIpc) is 3.13. The van der Waals surface area contributed by atoms with Crippen molar-refractivity contribution in [1.29, 1.82) is 0 Å². The molecule has 9 heteroatoms. The van der Waals surface area contributed by atoms with Gasteiger partial charge in [-0.1, -0.05) is 23.7 Å². The minimum atomic E-state index is -0.567. The van der Waals surface area contributed by atoms with Gasteiger partial charge in [-0.25, -0.2) is 4.79 Å². The van der Waals surface area contributed by atoms with E-state index in [0.29, 0.717) is 11.4 Å². The molecule has 0 bridgehead atoms. The molecule has 2 heterocycles. The Balaban J connectivity index is 1.95. The Hall–Kier alpha value is -3.13. The zero-order valence-electron chi connectivity index (χ0n) is 18.4. The third-order valence-electron chi connectivity index (χ3n) is 4.92. The maximum Gasteiger partial charge on any atom is 0.340 e. The number of benzene rings is 1. The number of nitrogens with zero attached hydrogens (tertiary/aromatic N) is 4. The molecule has 0 aliphatic heterocycles. The van der Waals surface area contributed by atoms with E-state index in [9.17, 15) is 9.59 Å². The van der Waals surface area contributed by atoms with Gasteiger partial charge in [0.1, 0.15) is 5.02 Å². The van der Waals surface area contributed by atoms with E-state index >= 15 is 0 Å². The number of para-hydroxylation sites is 1. The summed E-state index contributed by atoms with van der Waals surface area (Å²) in [6.07, 6.45) is 3.46. The van der Waals surface area contributed by atoms with E-state index in [2.05, 4.69) is 36.3 Å². The molecule has 3 rings (SSSR count). The molecule has 0 radical (unpaired) electrons. The summed E-state index contributed by atoms with van der Waals surface area (Å²) < 4.78 is 7.80. The van der Waals surface area contributed by atoms with Gasteiger partial charge in [0.25, 0.3) is 5.56 Å². The van der Waals surface area contributed by atoms with Gasteiger partial charge in [0, 0.05) is 11.8 Å². The maximum absolute atomic E-state index is 12.9. The molecule has 0 saturated heterocycles. The lowest BCUT2D eigenvalue weighted by molar-refractivity contribution is 0.0600. The molecule has 2 aromatic heterocycles. The Morgan fingerprint density at radius 3 is 2.55 bits per heavy atom. The Bertz CT molecular complexity index is 1180. The summed E-state index contributed by atoms with van der Waals surface area (Å²) in [5, 5.41) is 12.0. The normalized spacial score (nSPS) is 12.5. The minimum absolute atomic E-state index is 0.0256. The second-order valence-corrected chi connectivity index (χ2v) is 8.63. The van der Waals surface area contributed by atoms with Gasteiger partial charge in [-0.05, 0) is 46.8 Å². The Kier molecular flexibility index (Phi) is 6.22. The second-order valence-electron chi connectivity index (χ2n) is 8.25. The molecule has 31 heavy (non-hydrogen) atoms. The fourth-order valence-corrected chi connectivity index (χ4v) is 3.38. The summed E-state index contributed by atoms with van der Waals surface area (Å²) in [6, 6.07) is 6.39. The first-order valence-corrected chi connectivity index (χ1v) is 10.2. The van der Waals surface area contributed by atoms with Gasteiger partial charge in [-0.15, -0.1) is 0 Å². The van der Waals surface area contributed by atoms with Crippen LogP contribution in [0.15, 0.2) is 41.5 Å². The van der Waals surface area contributed by atoms with Crippen LogP contribution < -0.4 is 10.9 Å². The van der Waals surface area contributed by atoms with E-state index in [0.717, 1.165) is 15.9 Å². The summed E-state index contributed by atoms with van der Waals surface area (Å²) in [6.45, 7) is 10.1. The zero-order valence-corrected chi connectivity index (χ0v) is 19.2. The van der Waals surface area contributed by atoms with Crippen LogP contribution in [-0.4, -0.2) is 32.6 Å². The molecule has 1 unspecified atom stereocenters. The van der Waals surface area contributed by atoms with Crippen molar-refractivity contribution >= 4 is 23.3 Å². The van der Waals surface area contributed by atoms with Crippen LogP contribution in [0.3, 0.4) is 0 Å². The topological polar surface area (TPSA) is 91.0 Å². The number of anilines is 1. The highest BCUT2D eigenvalue weighted by Gasteiger charge is 2.21. The number of rotatable bonds is 5. The summed E-state index contributed by atoms with van der Waals surface area (Å²) >= 11 is 6.39. The highest BCUT2D eigenvalue weighted by Crippen LogP contribution is 2.27. The standard InChI is InChI=1S/C22H26ClN5O3/c1-13(16-12-27(22(3,4)5)26-14(16)2)25-17-11-24-28(20(29)19(17)23)18-10-8-7-9-15(18)21(30)31-6/h7-13,25H,1-6H3. The first-order valence-electron chi connectivity index (χ1n) is 9.83. The number of carbonyl (C=O) groups excluding carboxylic acids is 1. The van der Waals surface area contributed by atoms with Crippen molar-refractivity contribution in [2.45, 2.75) is 46.2 Å². The number of hydrogen-bond donors (Lipinski definition) is 1. The highest BCUT2D eigenvalue weighted by atomic mass is 35.5. The van der Waals surface area contributed by atoms with Crippen LogP contribution >= 0.6 is 11.6 Å². The predicted octanol–water partition coefficient (Wildman–Crippen LogP) is 4.11. The molecule has 0 spiro atoms. The van der Waals surface area contributed by atoms with Crippen LogP contribution in [0.2, 0.25) is 5.02 Å². The van der Waals surface area contributed by atoms with E-state index in [4.69, 9.17) is 16.3 Å². The molecule has 1 aromatic carbocycles. The molecule has 0 saturated carbocycles. The van der Waals surface area contributed by atoms with Crippen LogP contribution in [-0.2, 0) is 10.3 Å². The zero-order chi connectivity index (χ0) is 22.9. The first-order chi connectivity index (χ1) is 14.5. The molecule has 1 atom stereocenters. The monoisotopic (exact) mass is 443 g/mol. The molecule has 8 nitrogen and oxygen atoms in total. The molecule has 164 valence electrons. The first kappa shape index (κ1) is 22.6. The number of methoxy groups -OCH3 is 1. The molecular formula is C22H26ClN5O3. The van der Waals surface area contributed by atoms with Crippen molar-refractivity contribution in [3.63, 3.8) is 0 Å². The minimum Gasteiger partial charge on any atom is -0.465 e. The smallest absolute Gasteiger partial charge is 0.340 e. The van der Waals surface area contributed by atoms with Crippen molar-refractivity contribution in [2.75, 3.05) is 12.4 Å². The summed E-state index contributed by atoms with van der Waals surface area (Å²) in [5.41, 5.74) is 2.10. The number of carbonyl (C=O) groups is 1. The molecule has 3 aromatic rings. The molecule has 0 aliphatic carbocycles. The van der Waals surface area contributed by atoms with Crippen molar-refractivity contribution in [1.82, 2.24) is 19.6 Å². The number of esters is 1. The van der Waals surface area contributed by atoms with Gasteiger partial charge in [0.05, 0.1) is 47.5 Å². The van der Waals surface area contributed by atoms with E-state index in [1.807, 2.05) is 24.7 Å². The number of ether oxygens (including phenoxy) is 1. The summed E-state index contributed by atoms with van der Waals surface area (Å²) in [5.74, 6) is -0.567. The number of aryl methyl sites for hydroxylation is 1. The van der Waals surface area contributed by atoms with Gasteiger partial charge in [-0.3, -0.25) is 9.48 Å². The fourth-order valence-electron chi connectivity index (χ4n) is 3.20. The fraction of sp³-hybridized carbons (Fsp3) is 0.364. The maximum atomic E-state index is 12.9. The highest BCUT2D eigenvalue weighted by molar-refractivity contribution is 6.33. The van der Waals surface area contributed by atoms with Crippen molar-refractivity contribution in [3.05, 3.63) is 68.9 Å². The van der Waals surface area contributed by atoms with Gasteiger partial charge < -0.3 is 10.1 Å². The van der Waals surface area contributed by atoms with Crippen LogP contribution in [0.5, 0.6) is 0 Å². The number of nitrogens with one attached hydrogen (secondary N) is 1. The van der Waals surface area contributed by atoms with Crippen LogP contribution in [0.4, 0.5) is 5.69 Å². The predicted molar refractivity (Wildman–Crippen MR) is 120 cm³/mol. The lowest BCUT2D eigenvalue weighted by Crippen LogP contribution is -2.25. The Labute approximate surface area is 185 Å². The third-order valence-corrected chi connectivity index (χ3v) is 5.28. The second kappa shape index (κ2) is 8.55. The van der Waals surface area contributed by atoms with E-state index < -0.39 is 11.5 Å². The lowest BCUT2D eigenvalue weighted by Gasteiger charge is -2.19. The number of aromatic nitrogens is 4. The summed E-state index contributed by atoms with van der Waals surface area (Å²) in [7, 11) is 1.28. The molecule has 0 aliphatic rings. The van der Waals surface area contributed by atoms with Gasteiger partial charge in [-0.2, -0.15) is 14.9 Å². The van der Waals surface area contributed by atoms with Crippen LogP contribution in [0, 0.1) is 6.92 Å². The van der Waals surface area contributed by atoms with Gasteiger partial charge in [0.15, 0.2) is 0 Å². The van der Waals surface area contributed by atoms with Crippen molar-refractivity contribution < 1.29 is 9.53 Å². The largest absolute Gasteiger partial charge is 0.465 e. The van der Waals surface area contributed by atoms with Gasteiger partial charge in [0.2, 0.25) is 0 Å². The molecule has 1 N–H and O–H groups in total. The van der Waals surface area contributed by atoms with E-state index in [-0.39, 0.29) is 22.2 Å². The third kappa shape index (κ3) is 4.49. The van der Waals surface area contributed by atoms with Crippen LogP contribution in [0.25, 0.3) is 5.69 Å². The summed E-state index contributed by atoms with van der Waals surface area (Å²) in [4.78, 5) is 25.0. The average molecular weight is 444 g/mol. The number of hydrogen-bond acceptors (Lipinski definition) is 6. The quantitative estimate of drug-likeness (QED) is 0.597. The van der Waals surface area contributed by atoms with Crippen LogP contribution in [0.1, 0.15) is 55.4 Å². The molecule has 0 fully saturated rings. The Morgan fingerprint density at radius 2 is 1.94 bits per heavy atom. The van der Waals surface area contributed by atoms with Crippen molar-refractivity contribution in [3.8, 4) is 5.69 Å². The molecular weight excluding hydrogens is 418 g/mol. The SMILES string of the molecule is COC(=O)c1ccccc1-n1ncc(NC(C)c2cn(C(C)(C)C)nc2C)c(Cl)c1=O. The number of halogens is 1.